The highest BCUT2D eigenvalue weighted by molar-refractivity contribution is 5.93. The van der Waals surface area contributed by atoms with Crippen LogP contribution in [0.15, 0.2) is 30.5 Å². The molecule has 2 rings (SSSR count). The summed E-state index contributed by atoms with van der Waals surface area (Å²) in [7, 11) is 1.94. The van der Waals surface area contributed by atoms with Crippen LogP contribution in [0.3, 0.4) is 0 Å². The molecule has 1 unspecified atom stereocenters. The second-order valence-corrected chi connectivity index (χ2v) is 5.51. The molecule has 1 N–H and O–H groups in total. The molecule has 2 aromatic heterocycles. The SMILES string of the molecule is Cc1cc(C)n(CCN(C)C(C)C(=O)Nc2ccccn2)n1. The molecular weight excluding hydrogens is 278 g/mol. The lowest BCUT2D eigenvalue weighted by molar-refractivity contribution is -0.120. The lowest BCUT2D eigenvalue weighted by Gasteiger charge is -2.23. The van der Waals surface area contributed by atoms with Gasteiger partial charge in [-0.15, -0.1) is 0 Å². The fraction of sp³-hybridized carbons (Fsp3) is 0.438. The molecule has 6 nitrogen and oxygen atoms in total. The van der Waals surface area contributed by atoms with E-state index in [1.807, 2.05) is 49.5 Å². The van der Waals surface area contributed by atoms with Gasteiger partial charge in [0, 0.05) is 18.4 Å². The number of aromatic nitrogens is 3. The highest BCUT2D eigenvalue weighted by Gasteiger charge is 2.18. The topological polar surface area (TPSA) is 63.1 Å². The van der Waals surface area contributed by atoms with Crippen LogP contribution in [-0.4, -0.2) is 45.2 Å². The van der Waals surface area contributed by atoms with Gasteiger partial charge in [0.25, 0.3) is 0 Å². The molecular formula is C16H23N5O. The highest BCUT2D eigenvalue weighted by atomic mass is 16.2. The molecule has 1 atom stereocenters. The normalized spacial score (nSPS) is 12.4. The van der Waals surface area contributed by atoms with Gasteiger partial charge in [0.2, 0.25) is 5.91 Å². The van der Waals surface area contributed by atoms with Crippen LogP contribution < -0.4 is 5.32 Å². The molecule has 0 spiro atoms. The Bertz CT molecular complexity index is 623. The standard InChI is InChI=1S/C16H23N5O/c1-12-11-13(2)21(19-12)10-9-20(4)14(3)16(22)18-15-7-5-6-8-17-15/h5-8,11,14H,9-10H2,1-4H3,(H,17,18,22). The second-order valence-electron chi connectivity index (χ2n) is 5.51. The van der Waals surface area contributed by atoms with E-state index in [0.29, 0.717) is 5.82 Å². The number of carbonyl (C=O) groups excluding carboxylic acids is 1. The molecule has 0 aliphatic carbocycles. The van der Waals surface area contributed by atoms with Gasteiger partial charge in [0.05, 0.1) is 18.3 Å². The third kappa shape index (κ3) is 4.14. The molecule has 0 radical (unpaired) electrons. The van der Waals surface area contributed by atoms with Crippen LogP contribution in [-0.2, 0) is 11.3 Å². The van der Waals surface area contributed by atoms with Crippen LogP contribution in [0, 0.1) is 13.8 Å². The molecule has 0 aromatic carbocycles. The van der Waals surface area contributed by atoms with Crippen molar-refractivity contribution in [2.75, 3.05) is 18.9 Å². The molecule has 0 aliphatic rings. The van der Waals surface area contributed by atoms with E-state index in [0.717, 1.165) is 24.5 Å². The summed E-state index contributed by atoms with van der Waals surface area (Å²) in [5.41, 5.74) is 2.15. The maximum Gasteiger partial charge on any atom is 0.242 e. The summed E-state index contributed by atoms with van der Waals surface area (Å²) in [4.78, 5) is 18.3. The summed E-state index contributed by atoms with van der Waals surface area (Å²) in [6, 6.07) is 7.26. The third-order valence-electron chi connectivity index (χ3n) is 3.72. The van der Waals surface area contributed by atoms with Crippen LogP contribution in [0.1, 0.15) is 18.3 Å². The Hall–Kier alpha value is -2.21. The minimum absolute atomic E-state index is 0.0606. The van der Waals surface area contributed by atoms with Gasteiger partial charge >= 0.3 is 0 Å². The molecule has 6 heteroatoms. The number of pyridine rings is 1. The summed E-state index contributed by atoms with van der Waals surface area (Å²) >= 11 is 0. The van der Waals surface area contributed by atoms with Gasteiger partial charge in [-0.25, -0.2) is 4.98 Å². The van der Waals surface area contributed by atoms with Gasteiger partial charge in [-0.05, 0) is 46.0 Å². The maximum absolute atomic E-state index is 12.2. The Labute approximate surface area is 131 Å². The number of hydrogen-bond acceptors (Lipinski definition) is 4. The van der Waals surface area contributed by atoms with E-state index in [1.54, 1.807) is 12.3 Å². The number of carbonyl (C=O) groups is 1. The first-order valence-electron chi connectivity index (χ1n) is 7.40. The highest BCUT2D eigenvalue weighted by Crippen LogP contribution is 2.06. The third-order valence-corrected chi connectivity index (χ3v) is 3.72. The van der Waals surface area contributed by atoms with E-state index in [2.05, 4.69) is 21.5 Å². The number of anilines is 1. The molecule has 0 saturated heterocycles. The van der Waals surface area contributed by atoms with Crippen LogP contribution in [0.2, 0.25) is 0 Å². The molecule has 0 fully saturated rings. The molecule has 1 amide bonds. The fourth-order valence-electron chi connectivity index (χ4n) is 2.21. The van der Waals surface area contributed by atoms with E-state index in [1.165, 1.54) is 0 Å². The van der Waals surface area contributed by atoms with Gasteiger partial charge < -0.3 is 5.32 Å². The van der Waals surface area contributed by atoms with E-state index in [4.69, 9.17) is 0 Å². The largest absolute Gasteiger partial charge is 0.309 e. The van der Waals surface area contributed by atoms with Crippen molar-refractivity contribution in [2.24, 2.45) is 0 Å². The lowest BCUT2D eigenvalue weighted by Crippen LogP contribution is -2.41. The molecule has 22 heavy (non-hydrogen) atoms. The number of likely N-dealkylation sites (N-methyl/N-ethyl adjacent to an activating group) is 1. The minimum atomic E-state index is -0.237. The lowest BCUT2D eigenvalue weighted by atomic mass is 10.2. The second kappa shape index (κ2) is 7.17. The number of nitrogens with one attached hydrogen (secondary N) is 1. The first kappa shape index (κ1) is 16.2. The molecule has 2 aromatic rings. The van der Waals surface area contributed by atoms with Crippen molar-refractivity contribution < 1.29 is 4.79 Å². The summed E-state index contributed by atoms with van der Waals surface area (Å²) in [5, 5.41) is 7.26. The molecule has 118 valence electrons. The average molecular weight is 301 g/mol. The Morgan fingerprint density at radius 1 is 1.41 bits per heavy atom. The summed E-state index contributed by atoms with van der Waals surface area (Å²) in [6.45, 7) is 7.42. The first-order valence-corrected chi connectivity index (χ1v) is 7.40. The van der Waals surface area contributed by atoms with Gasteiger partial charge in [-0.1, -0.05) is 6.07 Å². The number of aryl methyl sites for hydroxylation is 2. The number of hydrogen-bond donors (Lipinski definition) is 1. The zero-order chi connectivity index (χ0) is 16.1. The quantitative estimate of drug-likeness (QED) is 0.884. The molecule has 0 saturated carbocycles. The summed E-state index contributed by atoms with van der Waals surface area (Å²) in [5.74, 6) is 0.515. The van der Waals surface area contributed by atoms with Gasteiger partial charge in [-0.3, -0.25) is 14.4 Å². The Balaban J connectivity index is 1.87. The number of amides is 1. The maximum atomic E-state index is 12.2. The average Bonchev–Trinajstić information content (AvgIpc) is 2.82. The van der Waals surface area contributed by atoms with Crippen LogP contribution in [0.4, 0.5) is 5.82 Å². The summed E-state index contributed by atoms with van der Waals surface area (Å²) < 4.78 is 1.97. The van der Waals surface area contributed by atoms with Gasteiger partial charge in [-0.2, -0.15) is 5.10 Å². The zero-order valence-corrected chi connectivity index (χ0v) is 13.6. The van der Waals surface area contributed by atoms with Crippen LogP contribution >= 0.6 is 0 Å². The first-order chi connectivity index (χ1) is 10.5. The van der Waals surface area contributed by atoms with Crippen molar-refractivity contribution in [1.82, 2.24) is 19.7 Å². The van der Waals surface area contributed by atoms with E-state index in [-0.39, 0.29) is 11.9 Å². The Morgan fingerprint density at radius 2 is 2.18 bits per heavy atom. The Morgan fingerprint density at radius 3 is 2.77 bits per heavy atom. The van der Waals surface area contributed by atoms with Crippen molar-refractivity contribution in [2.45, 2.75) is 33.4 Å². The fourth-order valence-corrected chi connectivity index (χ4v) is 2.21. The number of nitrogens with zero attached hydrogens (tertiary/aromatic N) is 4. The van der Waals surface area contributed by atoms with Crippen molar-refractivity contribution in [3.8, 4) is 0 Å². The Kier molecular flexibility index (Phi) is 5.27. The van der Waals surface area contributed by atoms with Crippen molar-refractivity contribution >= 4 is 11.7 Å². The van der Waals surface area contributed by atoms with Gasteiger partial charge in [0.15, 0.2) is 0 Å². The summed E-state index contributed by atoms with van der Waals surface area (Å²) in [6.07, 6.45) is 1.66. The molecule has 0 aliphatic heterocycles. The van der Waals surface area contributed by atoms with E-state index in [9.17, 15) is 4.79 Å². The van der Waals surface area contributed by atoms with Crippen LogP contribution in [0.25, 0.3) is 0 Å². The van der Waals surface area contributed by atoms with Crippen molar-refractivity contribution in [1.29, 1.82) is 0 Å². The predicted molar refractivity (Wildman–Crippen MR) is 86.7 cm³/mol. The zero-order valence-electron chi connectivity index (χ0n) is 13.6. The smallest absolute Gasteiger partial charge is 0.242 e. The van der Waals surface area contributed by atoms with Crippen molar-refractivity contribution in [3.63, 3.8) is 0 Å². The number of rotatable bonds is 6. The van der Waals surface area contributed by atoms with E-state index < -0.39 is 0 Å². The molecule has 2 heterocycles. The van der Waals surface area contributed by atoms with Crippen molar-refractivity contribution in [3.05, 3.63) is 41.9 Å². The monoisotopic (exact) mass is 301 g/mol. The molecule has 0 bridgehead atoms. The van der Waals surface area contributed by atoms with Crippen LogP contribution in [0.5, 0.6) is 0 Å². The van der Waals surface area contributed by atoms with Gasteiger partial charge in [0.1, 0.15) is 5.82 Å². The minimum Gasteiger partial charge on any atom is -0.309 e. The predicted octanol–water partition coefficient (Wildman–Crippen LogP) is 1.85. The van der Waals surface area contributed by atoms with E-state index >= 15 is 0 Å².